The zero-order valence-corrected chi connectivity index (χ0v) is 25.3. The number of carbonyl (C=O) groups is 3. The summed E-state index contributed by atoms with van der Waals surface area (Å²) < 4.78 is 6.79. The minimum absolute atomic E-state index is 0.494. The van der Waals surface area contributed by atoms with E-state index in [1.807, 2.05) is 72.8 Å². The van der Waals surface area contributed by atoms with Crippen LogP contribution in [-0.4, -0.2) is 28.7 Å². The van der Waals surface area contributed by atoms with Gasteiger partial charge in [-0.2, -0.15) is 0 Å². The largest absolute Gasteiger partial charge is 0.457 e. The van der Waals surface area contributed by atoms with Crippen molar-refractivity contribution in [3.05, 3.63) is 124 Å². The van der Waals surface area contributed by atoms with Crippen molar-refractivity contribution in [2.45, 2.75) is 22.7 Å². The van der Waals surface area contributed by atoms with E-state index in [1.165, 1.54) is 6.92 Å². The highest BCUT2D eigenvalue weighted by Crippen LogP contribution is 2.69. The number of anilines is 1. The SMILES string of the molecule is C[C@H](C(=O)Nc1ccc(Oc2ccc(Br)cc2)cc1)N1C(=O)[C@H]2[C@H](C1=O)C1(Cl)c3ccccc3C2(Cl)c2ccccc21. The summed E-state index contributed by atoms with van der Waals surface area (Å²) in [5, 5.41) is 2.82. The second-order valence-electron chi connectivity index (χ2n) is 10.8. The molecule has 1 N–H and O–H groups in total. The monoisotopic (exact) mass is 660 g/mol. The standard InChI is InChI=1S/C33H23BrCl2N2O4/c1-18(29(39)37-20-12-16-22(17-13-20)42-21-14-10-19(34)11-15-21)38-30(40)27-28(31(38)41)33(36)24-7-3-2-6-23(24)32(27,35)25-8-4-5-9-26(25)33/h2-18,27-28H,1H3,(H,37,39)/t18-,27-,28-,32?,33?/m1/s1. The Kier molecular flexibility index (Phi) is 6.28. The van der Waals surface area contributed by atoms with E-state index in [1.54, 1.807) is 24.3 Å². The number of amides is 3. The molecular formula is C33H23BrCl2N2O4. The third-order valence-electron chi connectivity index (χ3n) is 8.56. The van der Waals surface area contributed by atoms with Gasteiger partial charge in [-0.15, -0.1) is 23.2 Å². The summed E-state index contributed by atoms with van der Waals surface area (Å²) in [4.78, 5) is 40.1. The van der Waals surface area contributed by atoms with Gasteiger partial charge in [-0.05, 0) is 77.7 Å². The highest BCUT2D eigenvalue weighted by molar-refractivity contribution is 9.10. The molecule has 0 aromatic heterocycles. The number of likely N-dealkylation sites (tertiary alicyclic amines) is 1. The van der Waals surface area contributed by atoms with Crippen LogP contribution in [0.1, 0.15) is 29.2 Å². The highest BCUT2D eigenvalue weighted by atomic mass is 79.9. The van der Waals surface area contributed by atoms with Crippen molar-refractivity contribution >= 4 is 62.5 Å². The molecule has 6 nitrogen and oxygen atoms in total. The molecule has 42 heavy (non-hydrogen) atoms. The number of alkyl halides is 2. The molecule has 4 aromatic rings. The van der Waals surface area contributed by atoms with Crippen molar-refractivity contribution in [2.24, 2.45) is 11.8 Å². The Morgan fingerprint density at radius 2 is 1.17 bits per heavy atom. The van der Waals surface area contributed by atoms with Crippen LogP contribution in [0.2, 0.25) is 0 Å². The van der Waals surface area contributed by atoms with Crippen molar-refractivity contribution in [1.82, 2.24) is 4.90 Å². The van der Waals surface area contributed by atoms with Crippen LogP contribution in [0.15, 0.2) is 102 Å². The maximum Gasteiger partial charge on any atom is 0.247 e. The van der Waals surface area contributed by atoms with Gasteiger partial charge in [0.25, 0.3) is 0 Å². The Bertz CT molecular complexity index is 1650. The van der Waals surface area contributed by atoms with Gasteiger partial charge in [-0.1, -0.05) is 64.5 Å². The van der Waals surface area contributed by atoms with Gasteiger partial charge in [-0.3, -0.25) is 19.3 Å². The number of nitrogens with one attached hydrogen (secondary N) is 1. The lowest BCUT2D eigenvalue weighted by atomic mass is 9.54. The summed E-state index contributed by atoms with van der Waals surface area (Å²) in [5.41, 5.74) is 3.35. The van der Waals surface area contributed by atoms with E-state index in [4.69, 9.17) is 27.9 Å². The van der Waals surface area contributed by atoms with Crippen LogP contribution in [0.4, 0.5) is 5.69 Å². The van der Waals surface area contributed by atoms with Crippen LogP contribution in [0.5, 0.6) is 11.5 Å². The molecular weight excluding hydrogens is 639 g/mol. The first-order valence-electron chi connectivity index (χ1n) is 13.4. The van der Waals surface area contributed by atoms with Crippen LogP contribution < -0.4 is 10.1 Å². The summed E-state index contributed by atoms with van der Waals surface area (Å²) in [6, 6.07) is 28.1. The molecule has 9 heteroatoms. The number of hydrogen-bond acceptors (Lipinski definition) is 4. The molecule has 210 valence electrons. The normalized spacial score (nSPS) is 25.9. The summed E-state index contributed by atoms with van der Waals surface area (Å²) in [6.07, 6.45) is 0. The number of rotatable bonds is 5. The molecule has 4 aromatic carbocycles. The van der Waals surface area contributed by atoms with E-state index in [-0.39, 0.29) is 0 Å². The lowest BCUT2D eigenvalue weighted by Gasteiger charge is -2.54. The Balaban J connectivity index is 1.16. The van der Waals surface area contributed by atoms with Gasteiger partial charge in [0.1, 0.15) is 27.3 Å². The fraction of sp³-hybridized carbons (Fsp3) is 0.182. The zero-order chi connectivity index (χ0) is 29.4. The smallest absolute Gasteiger partial charge is 0.247 e. The molecule has 3 atom stereocenters. The first-order chi connectivity index (χ1) is 20.2. The predicted molar refractivity (Wildman–Crippen MR) is 164 cm³/mol. The molecule has 0 saturated carbocycles. The topological polar surface area (TPSA) is 75.7 Å². The van der Waals surface area contributed by atoms with Crippen molar-refractivity contribution in [3.63, 3.8) is 0 Å². The van der Waals surface area contributed by atoms with Crippen molar-refractivity contribution < 1.29 is 19.1 Å². The van der Waals surface area contributed by atoms with E-state index in [2.05, 4.69) is 21.2 Å². The zero-order valence-electron chi connectivity index (χ0n) is 22.2. The van der Waals surface area contributed by atoms with Gasteiger partial charge in [0, 0.05) is 10.2 Å². The van der Waals surface area contributed by atoms with E-state index in [9.17, 15) is 14.4 Å². The van der Waals surface area contributed by atoms with Crippen molar-refractivity contribution in [1.29, 1.82) is 0 Å². The fourth-order valence-corrected chi connectivity index (χ4v) is 8.04. The predicted octanol–water partition coefficient (Wildman–Crippen LogP) is 7.16. The maximum atomic E-state index is 14.1. The van der Waals surface area contributed by atoms with E-state index < -0.39 is 45.3 Å². The molecule has 4 aliphatic rings. The first kappa shape index (κ1) is 27.2. The van der Waals surface area contributed by atoms with Gasteiger partial charge in [-0.25, -0.2) is 0 Å². The van der Waals surface area contributed by atoms with Crippen LogP contribution in [0.25, 0.3) is 0 Å². The van der Waals surface area contributed by atoms with Gasteiger partial charge < -0.3 is 10.1 Å². The molecule has 1 saturated heterocycles. The average Bonchev–Trinajstić information content (AvgIpc) is 3.28. The minimum atomic E-state index is -1.29. The number of carbonyl (C=O) groups excluding carboxylic acids is 3. The molecule has 0 radical (unpaired) electrons. The number of benzene rings is 4. The molecule has 1 heterocycles. The number of nitrogens with zero attached hydrogens (tertiary/aromatic N) is 1. The minimum Gasteiger partial charge on any atom is -0.457 e. The summed E-state index contributed by atoms with van der Waals surface area (Å²) >= 11 is 18.3. The molecule has 2 bridgehead atoms. The summed E-state index contributed by atoms with van der Waals surface area (Å²) in [6.45, 7) is 1.54. The van der Waals surface area contributed by atoms with Crippen LogP contribution in [0, 0.1) is 11.8 Å². The van der Waals surface area contributed by atoms with Crippen LogP contribution in [0.3, 0.4) is 0 Å². The highest BCUT2D eigenvalue weighted by Gasteiger charge is 2.73. The second kappa shape index (κ2) is 9.69. The van der Waals surface area contributed by atoms with Crippen molar-refractivity contribution in [2.75, 3.05) is 5.32 Å². The Labute approximate surface area is 260 Å². The molecule has 8 rings (SSSR count). The van der Waals surface area contributed by atoms with Gasteiger partial charge in [0.2, 0.25) is 17.7 Å². The Morgan fingerprint density at radius 1 is 0.762 bits per heavy atom. The Morgan fingerprint density at radius 3 is 1.60 bits per heavy atom. The molecule has 1 aliphatic heterocycles. The van der Waals surface area contributed by atoms with Crippen LogP contribution in [-0.2, 0) is 24.1 Å². The maximum absolute atomic E-state index is 14.1. The lowest BCUT2D eigenvalue weighted by Crippen LogP contribution is -2.57. The molecule has 3 aliphatic carbocycles. The van der Waals surface area contributed by atoms with E-state index in [0.717, 1.165) is 9.37 Å². The molecule has 0 unspecified atom stereocenters. The number of ether oxygens (including phenoxy) is 1. The van der Waals surface area contributed by atoms with Crippen LogP contribution >= 0.6 is 39.1 Å². The summed E-state index contributed by atoms with van der Waals surface area (Å²) in [7, 11) is 0. The van der Waals surface area contributed by atoms with E-state index in [0.29, 0.717) is 39.4 Å². The van der Waals surface area contributed by atoms with Gasteiger partial charge >= 0.3 is 0 Å². The third kappa shape index (κ3) is 3.73. The van der Waals surface area contributed by atoms with Gasteiger partial charge in [0.05, 0.1) is 11.8 Å². The average molecular weight is 662 g/mol. The molecule has 3 amide bonds. The van der Waals surface area contributed by atoms with E-state index >= 15 is 0 Å². The van der Waals surface area contributed by atoms with Crippen molar-refractivity contribution in [3.8, 4) is 11.5 Å². The number of halogens is 3. The fourth-order valence-electron chi connectivity index (χ4n) is 6.68. The Hall–Kier alpha value is -3.65. The second-order valence-corrected chi connectivity index (χ2v) is 12.9. The quantitative estimate of drug-likeness (QED) is 0.182. The third-order valence-corrected chi connectivity index (χ3v) is 10.4. The number of hydrogen-bond donors (Lipinski definition) is 1. The first-order valence-corrected chi connectivity index (χ1v) is 15.0. The number of imide groups is 1. The lowest BCUT2D eigenvalue weighted by molar-refractivity contribution is -0.146. The molecule has 0 spiro atoms. The van der Waals surface area contributed by atoms with Gasteiger partial charge in [0.15, 0.2) is 0 Å². The molecule has 1 fully saturated rings. The summed E-state index contributed by atoms with van der Waals surface area (Å²) in [5.74, 6) is -2.18.